The SMILES string of the molecule is S=c1[nH][nH]c(Cc2ccccc2)c1C1=NOCCO1. The van der Waals surface area contributed by atoms with Crippen molar-refractivity contribution in [2.45, 2.75) is 6.42 Å². The van der Waals surface area contributed by atoms with Crippen molar-refractivity contribution in [3.05, 3.63) is 51.8 Å². The molecular weight excluding hydrogens is 262 g/mol. The fourth-order valence-electron chi connectivity index (χ4n) is 1.98. The predicted molar refractivity (Wildman–Crippen MR) is 73.7 cm³/mol. The minimum atomic E-state index is 0.444. The number of aromatic amines is 2. The van der Waals surface area contributed by atoms with E-state index in [2.05, 4.69) is 27.5 Å². The van der Waals surface area contributed by atoms with E-state index in [0.717, 1.165) is 17.7 Å². The molecule has 1 aliphatic heterocycles. The first-order chi connectivity index (χ1) is 9.34. The van der Waals surface area contributed by atoms with E-state index in [0.29, 0.717) is 23.8 Å². The van der Waals surface area contributed by atoms with E-state index >= 15 is 0 Å². The van der Waals surface area contributed by atoms with Gasteiger partial charge in [0.1, 0.15) is 11.2 Å². The van der Waals surface area contributed by atoms with Gasteiger partial charge in [-0.1, -0.05) is 42.5 Å². The predicted octanol–water partition coefficient (Wildman–Crippen LogP) is 2.37. The summed E-state index contributed by atoms with van der Waals surface area (Å²) in [5.74, 6) is 0.444. The maximum absolute atomic E-state index is 5.50. The fourth-order valence-corrected chi connectivity index (χ4v) is 2.24. The van der Waals surface area contributed by atoms with Gasteiger partial charge in [0.25, 0.3) is 5.90 Å². The summed E-state index contributed by atoms with van der Waals surface area (Å²) in [6, 6.07) is 10.1. The van der Waals surface area contributed by atoms with Crippen LogP contribution in [0.1, 0.15) is 16.8 Å². The van der Waals surface area contributed by atoms with Crippen molar-refractivity contribution in [3.8, 4) is 0 Å². The highest BCUT2D eigenvalue weighted by molar-refractivity contribution is 7.71. The molecule has 0 fully saturated rings. The molecule has 0 spiro atoms. The lowest BCUT2D eigenvalue weighted by atomic mass is 10.1. The van der Waals surface area contributed by atoms with E-state index in [9.17, 15) is 0 Å². The van der Waals surface area contributed by atoms with E-state index in [1.54, 1.807) is 0 Å². The van der Waals surface area contributed by atoms with Gasteiger partial charge in [-0.3, -0.25) is 5.10 Å². The molecule has 0 saturated heterocycles. The molecule has 0 radical (unpaired) electrons. The van der Waals surface area contributed by atoms with Gasteiger partial charge in [-0.15, -0.1) is 0 Å². The highest BCUT2D eigenvalue weighted by Crippen LogP contribution is 2.16. The summed E-state index contributed by atoms with van der Waals surface area (Å²) in [5.41, 5.74) is 2.91. The molecule has 1 aromatic heterocycles. The van der Waals surface area contributed by atoms with Gasteiger partial charge in [0.05, 0.1) is 11.3 Å². The van der Waals surface area contributed by atoms with Gasteiger partial charge in [-0.2, -0.15) is 0 Å². The molecule has 2 aromatic rings. The second-order valence-corrected chi connectivity index (χ2v) is 4.58. The molecule has 0 aliphatic carbocycles. The second kappa shape index (κ2) is 5.27. The first-order valence-electron chi connectivity index (χ1n) is 6.01. The number of hydrogen-bond acceptors (Lipinski definition) is 4. The summed E-state index contributed by atoms with van der Waals surface area (Å²) < 4.78 is 6.08. The summed E-state index contributed by atoms with van der Waals surface area (Å²) in [5, 5.41) is 9.93. The summed E-state index contributed by atoms with van der Waals surface area (Å²) in [4.78, 5) is 5.05. The van der Waals surface area contributed by atoms with Crippen LogP contribution in [0.4, 0.5) is 0 Å². The van der Waals surface area contributed by atoms with Crippen LogP contribution in [0, 0.1) is 4.64 Å². The Bertz CT molecular complexity index is 645. The standard InChI is InChI=1S/C13H13N3O2S/c19-13-11(12-16-18-7-6-17-12)10(14-15-13)8-9-4-2-1-3-5-9/h1-5H,6-8H2,(H2,14,15,19). The largest absolute Gasteiger partial charge is 0.471 e. The molecule has 0 amide bonds. The van der Waals surface area contributed by atoms with Gasteiger partial charge in [-0.25, -0.2) is 0 Å². The van der Waals surface area contributed by atoms with Crippen LogP contribution in [0.2, 0.25) is 0 Å². The summed E-state index contributed by atoms with van der Waals surface area (Å²) >= 11 is 5.27. The molecular formula is C13H13N3O2S. The molecule has 1 aromatic carbocycles. The number of H-pyrrole nitrogens is 2. The van der Waals surface area contributed by atoms with Crippen LogP contribution < -0.4 is 0 Å². The Morgan fingerprint density at radius 3 is 2.74 bits per heavy atom. The Kier molecular flexibility index (Phi) is 3.33. The molecule has 3 rings (SSSR count). The highest BCUT2D eigenvalue weighted by Gasteiger charge is 2.18. The highest BCUT2D eigenvalue weighted by atomic mass is 32.1. The minimum Gasteiger partial charge on any atom is -0.471 e. The van der Waals surface area contributed by atoms with Crippen molar-refractivity contribution in [2.75, 3.05) is 13.2 Å². The van der Waals surface area contributed by atoms with E-state index < -0.39 is 0 Å². The third-order valence-electron chi connectivity index (χ3n) is 2.85. The molecule has 2 heterocycles. The molecule has 0 saturated carbocycles. The van der Waals surface area contributed by atoms with Crippen LogP contribution in [0.15, 0.2) is 35.5 Å². The van der Waals surface area contributed by atoms with E-state index in [4.69, 9.17) is 21.8 Å². The number of hydrogen-bond donors (Lipinski definition) is 2. The van der Waals surface area contributed by atoms with Crippen molar-refractivity contribution in [1.29, 1.82) is 0 Å². The Morgan fingerprint density at radius 2 is 2.00 bits per heavy atom. The lowest BCUT2D eigenvalue weighted by Crippen LogP contribution is -2.18. The van der Waals surface area contributed by atoms with Crippen LogP contribution in [0.5, 0.6) is 0 Å². The number of rotatable bonds is 3. The van der Waals surface area contributed by atoms with Gasteiger partial charge < -0.3 is 14.7 Å². The Labute approximate surface area is 115 Å². The van der Waals surface area contributed by atoms with Gasteiger partial charge in [0.15, 0.2) is 6.61 Å². The molecule has 98 valence electrons. The molecule has 0 bridgehead atoms. The van der Waals surface area contributed by atoms with Crippen molar-refractivity contribution < 1.29 is 9.57 Å². The summed E-state index contributed by atoms with van der Waals surface area (Å²) in [7, 11) is 0. The van der Waals surface area contributed by atoms with Crippen molar-refractivity contribution in [3.63, 3.8) is 0 Å². The van der Waals surface area contributed by atoms with Crippen molar-refractivity contribution in [2.24, 2.45) is 5.16 Å². The normalized spacial score (nSPS) is 14.4. The lowest BCUT2D eigenvalue weighted by molar-refractivity contribution is 0.0654. The van der Waals surface area contributed by atoms with E-state index in [1.165, 1.54) is 5.56 Å². The molecule has 6 heteroatoms. The van der Waals surface area contributed by atoms with Crippen molar-refractivity contribution in [1.82, 2.24) is 10.2 Å². The number of oxime groups is 1. The maximum atomic E-state index is 5.50. The van der Waals surface area contributed by atoms with Gasteiger partial charge >= 0.3 is 0 Å². The third-order valence-corrected chi connectivity index (χ3v) is 3.16. The zero-order valence-electron chi connectivity index (χ0n) is 10.2. The summed E-state index contributed by atoms with van der Waals surface area (Å²) in [6.45, 7) is 0.960. The lowest BCUT2D eigenvalue weighted by Gasteiger charge is -2.13. The van der Waals surface area contributed by atoms with Gasteiger partial charge in [-0.05, 0) is 10.7 Å². The second-order valence-electron chi connectivity index (χ2n) is 4.17. The maximum Gasteiger partial charge on any atom is 0.262 e. The fraction of sp³-hybridized carbons (Fsp3) is 0.231. The number of ether oxygens (including phenoxy) is 1. The zero-order chi connectivity index (χ0) is 13.1. The first-order valence-corrected chi connectivity index (χ1v) is 6.42. The topological polar surface area (TPSA) is 62.4 Å². The van der Waals surface area contributed by atoms with Crippen LogP contribution in [-0.2, 0) is 16.0 Å². The minimum absolute atomic E-state index is 0.444. The molecule has 1 aliphatic rings. The molecule has 5 nitrogen and oxygen atoms in total. The third kappa shape index (κ3) is 2.53. The smallest absolute Gasteiger partial charge is 0.262 e. The monoisotopic (exact) mass is 275 g/mol. The molecule has 2 N–H and O–H groups in total. The van der Waals surface area contributed by atoms with E-state index in [-0.39, 0.29) is 0 Å². The van der Waals surface area contributed by atoms with Gasteiger partial charge in [0, 0.05) is 6.42 Å². The van der Waals surface area contributed by atoms with E-state index in [1.807, 2.05) is 18.2 Å². The Balaban J connectivity index is 1.95. The van der Waals surface area contributed by atoms with Crippen molar-refractivity contribution >= 4 is 18.1 Å². The number of aromatic nitrogens is 2. The number of nitrogens with zero attached hydrogens (tertiary/aromatic N) is 1. The number of nitrogens with one attached hydrogen (secondary N) is 2. The first kappa shape index (κ1) is 12.0. The van der Waals surface area contributed by atoms with Crippen LogP contribution >= 0.6 is 12.2 Å². The molecule has 0 unspecified atom stereocenters. The Morgan fingerprint density at radius 1 is 1.16 bits per heavy atom. The summed E-state index contributed by atoms with van der Waals surface area (Å²) in [6.07, 6.45) is 0.728. The molecule has 0 atom stereocenters. The van der Waals surface area contributed by atoms with Crippen LogP contribution in [-0.4, -0.2) is 29.3 Å². The quantitative estimate of drug-likeness (QED) is 0.845. The average molecular weight is 275 g/mol. The van der Waals surface area contributed by atoms with Crippen LogP contribution in [0.3, 0.4) is 0 Å². The zero-order valence-corrected chi connectivity index (χ0v) is 11.0. The van der Waals surface area contributed by atoms with Crippen LogP contribution in [0.25, 0.3) is 0 Å². The average Bonchev–Trinajstić information content (AvgIpc) is 2.82. The van der Waals surface area contributed by atoms with Gasteiger partial charge in [0.2, 0.25) is 0 Å². The number of benzene rings is 1. The molecule has 19 heavy (non-hydrogen) atoms. The Hall–Kier alpha value is -2.08.